The summed E-state index contributed by atoms with van der Waals surface area (Å²) >= 11 is 0. The molecule has 2 rings (SSSR count). The van der Waals surface area contributed by atoms with E-state index in [1.165, 1.54) is 0 Å². The molecule has 0 saturated heterocycles. The molecule has 76 valence electrons. The normalized spacial score (nSPS) is 10.4. The first-order chi connectivity index (χ1) is 7.09. The molecule has 0 N–H and O–H groups in total. The van der Waals surface area contributed by atoms with Gasteiger partial charge in [-0.1, -0.05) is 5.16 Å². The molecule has 1 aromatic heterocycles. The Balaban J connectivity index is 2.80. The van der Waals surface area contributed by atoms with Gasteiger partial charge in [0.2, 0.25) is 0 Å². The lowest BCUT2D eigenvalue weighted by Crippen LogP contribution is -1.93. The lowest BCUT2D eigenvalue weighted by atomic mass is 10.2. The zero-order valence-electron chi connectivity index (χ0n) is 7.11. The molecule has 0 atom stereocenters. The molecule has 15 heavy (non-hydrogen) atoms. The molecule has 2 aromatic rings. The van der Waals surface area contributed by atoms with Crippen molar-refractivity contribution in [2.24, 2.45) is 0 Å². The van der Waals surface area contributed by atoms with Crippen LogP contribution in [0.5, 0.6) is 0 Å². The van der Waals surface area contributed by atoms with Crippen LogP contribution in [0.25, 0.3) is 10.9 Å². The van der Waals surface area contributed by atoms with Crippen molar-refractivity contribution in [1.29, 1.82) is 0 Å². The Morgan fingerprint density at radius 1 is 1.20 bits per heavy atom. The summed E-state index contributed by atoms with van der Waals surface area (Å²) in [6.45, 7) is 0. The van der Waals surface area contributed by atoms with Crippen LogP contribution >= 0.6 is 0 Å². The molecule has 1 heterocycles. The van der Waals surface area contributed by atoms with E-state index < -0.39 is 9.85 Å². The summed E-state index contributed by atoms with van der Waals surface area (Å²) in [6, 6.07) is 1.99. The average Bonchev–Trinajstić information content (AvgIpc) is 2.62. The van der Waals surface area contributed by atoms with Crippen LogP contribution in [0.3, 0.4) is 0 Å². The highest BCUT2D eigenvalue weighted by molar-refractivity contribution is 5.89. The van der Waals surface area contributed by atoms with E-state index in [4.69, 9.17) is 0 Å². The molecule has 0 fully saturated rings. The van der Waals surface area contributed by atoms with Crippen LogP contribution in [0.1, 0.15) is 0 Å². The Labute approximate surface area is 81.4 Å². The summed E-state index contributed by atoms with van der Waals surface area (Å²) < 4.78 is 4.51. The maximum absolute atomic E-state index is 10.6. The van der Waals surface area contributed by atoms with Crippen molar-refractivity contribution in [2.45, 2.75) is 0 Å². The van der Waals surface area contributed by atoms with Crippen LogP contribution in [0, 0.1) is 20.2 Å². The maximum atomic E-state index is 10.6. The number of rotatable bonds is 2. The molecular weight excluding hydrogens is 206 g/mol. The van der Waals surface area contributed by atoms with E-state index in [1.54, 1.807) is 0 Å². The number of aromatic nitrogens is 1. The molecule has 0 aliphatic heterocycles. The molecule has 0 aliphatic rings. The van der Waals surface area contributed by atoms with Crippen molar-refractivity contribution < 1.29 is 14.4 Å². The van der Waals surface area contributed by atoms with Gasteiger partial charge in [0, 0.05) is 6.07 Å². The van der Waals surface area contributed by atoms with Crippen molar-refractivity contribution in [1.82, 2.24) is 5.16 Å². The predicted octanol–water partition coefficient (Wildman–Crippen LogP) is 1.64. The van der Waals surface area contributed by atoms with Crippen molar-refractivity contribution in [3.8, 4) is 0 Å². The molecule has 0 bridgehead atoms. The van der Waals surface area contributed by atoms with Gasteiger partial charge in [0.15, 0.2) is 0 Å². The highest BCUT2D eigenvalue weighted by atomic mass is 16.6. The van der Waals surface area contributed by atoms with Gasteiger partial charge in [0.25, 0.3) is 11.4 Å². The molecule has 8 nitrogen and oxygen atoms in total. The third-order valence-corrected chi connectivity index (χ3v) is 1.85. The number of hydrogen-bond acceptors (Lipinski definition) is 6. The number of nitro groups is 2. The summed E-state index contributed by atoms with van der Waals surface area (Å²) in [5.41, 5.74) is -0.681. The zero-order valence-corrected chi connectivity index (χ0v) is 7.11. The smallest absolute Gasteiger partial charge is 0.289 e. The van der Waals surface area contributed by atoms with Crippen molar-refractivity contribution in [3.05, 3.63) is 38.6 Å². The minimum absolute atomic E-state index is 0.0934. The van der Waals surface area contributed by atoms with Crippen molar-refractivity contribution >= 4 is 22.3 Å². The van der Waals surface area contributed by atoms with E-state index in [9.17, 15) is 20.2 Å². The number of benzene rings is 1. The minimum atomic E-state index is -0.721. The van der Waals surface area contributed by atoms with Gasteiger partial charge in [-0.05, 0) is 0 Å². The van der Waals surface area contributed by atoms with Gasteiger partial charge in [-0.3, -0.25) is 20.2 Å². The minimum Gasteiger partial charge on any atom is -0.363 e. The lowest BCUT2D eigenvalue weighted by molar-refractivity contribution is -0.393. The second kappa shape index (κ2) is 3.01. The SMILES string of the molecule is O=[N+]([O-])c1cc([N+](=O)[O-])c2conc2c1. The Morgan fingerprint density at radius 2 is 1.93 bits per heavy atom. The molecule has 0 aliphatic carbocycles. The first-order valence-electron chi connectivity index (χ1n) is 3.76. The molecule has 0 amide bonds. The third-order valence-electron chi connectivity index (χ3n) is 1.85. The molecule has 1 aromatic carbocycles. The first kappa shape index (κ1) is 9.06. The van der Waals surface area contributed by atoms with E-state index in [1.807, 2.05) is 0 Å². The second-order valence-corrected chi connectivity index (χ2v) is 2.73. The highest BCUT2D eigenvalue weighted by Crippen LogP contribution is 2.29. The molecule has 0 saturated carbocycles. The lowest BCUT2D eigenvalue weighted by Gasteiger charge is -1.93. The Kier molecular flexibility index (Phi) is 1.82. The molecular formula is C7H3N3O5. The van der Waals surface area contributed by atoms with Gasteiger partial charge in [-0.15, -0.1) is 0 Å². The molecule has 0 spiro atoms. The van der Waals surface area contributed by atoms with Crippen LogP contribution in [-0.2, 0) is 0 Å². The summed E-state index contributed by atoms with van der Waals surface area (Å²) in [5.74, 6) is 0. The van der Waals surface area contributed by atoms with E-state index in [2.05, 4.69) is 9.68 Å². The first-order valence-corrected chi connectivity index (χ1v) is 3.76. The van der Waals surface area contributed by atoms with Gasteiger partial charge in [-0.25, -0.2) is 0 Å². The number of non-ortho nitro benzene ring substituents is 2. The number of nitro benzene ring substituents is 2. The van der Waals surface area contributed by atoms with E-state index in [-0.39, 0.29) is 22.3 Å². The predicted molar refractivity (Wildman–Crippen MR) is 47.3 cm³/mol. The number of nitrogens with zero attached hydrogens (tertiary/aromatic N) is 3. The fraction of sp³-hybridized carbons (Fsp3) is 0. The summed E-state index contributed by atoms with van der Waals surface area (Å²) in [7, 11) is 0. The number of hydrogen-bond donors (Lipinski definition) is 0. The van der Waals surface area contributed by atoms with Crippen LogP contribution in [0.4, 0.5) is 11.4 Å². The quantitative estimate of drug-likeness (QED) is 0.548. The van der Waals surface area contributed by atoms with Crippen molar-refractivity contribution in [2.75, 3.05) is 0 Å². The standard InChI is InChI=1S/C7H3N3O5/c11-9(12)4-1-6-5(3-15-8-6)7(2-4)10(13)14/h1-3H. The second-order valence-electron chi connectivity index (χ2n) is 2.73. The summed E-state index contributed by atoms with van der Waals surface area (Å²) in [4.78, 5) is 19.6. The van der Waals surface area contributed by atoms with Crippen LogP contribution in [-0.4, -0.2) is 15.0 Å². The maximum Gasteiger partial charge on any atom is 0.289 e. The Hall–Kier alpha value is -2.51. The molecule has 0 unspecified atom stereocenters. The third kappa shape index (κ3) is 1.37. The van der Waals surface area contributed by atoms with Crippen molar-refractivity contribution in [3.63, 3.8) is 0 Å². The molecule has 8 heteroatoms. The van der Waals surface area contributed by atoms with Gasteiger partial charge in [0.1, 0.15) is 17.2 Å². The fourth-order valence-corrected chi connectivity index (χ4v) is 1.20. The monoisotopic (exact) mass is 209 g/mol. The number of fused-ring (bicyclic) bond motifs is 1. The largest absolute Gasteiger partial charge is 0.363 e. The van der Waals surface area contributed by atoms with Gasteiger partial charge in [-0.2, -0.15) is 0 Å². The van der Waals surface area contributed by atoms with Gasteiger partial charge < -0.3 is 4.52 Å². The Bertz CT molecular complexity index is 561. The van der Waals surface area contributed by atoms with Crippen LogP contribution < -0.4 is 0 Å². The summed E-state index contributed by atoms with van der Waals surface area (Å²) in [6.07, 6.45) is 1.08. The van der Waals surface area contributed by atoms with Crippen LogP contribution in [0.2, 0.25) is 0 Å². The van der Waals surface area contributed by atoms with Gasteiger partial charge >= 0.3 is 0 Å². The average molecular weight is 209 g/mol. The topological polar surface area (TPSA) is 112 Å². The van der Waals surface area contributed by atoms with E-state index >= 15 is 0 Å². The van der Waals surface area contributed by atoms with Gasteiger partial charge in [0.05, 0.1) is 15.9 Å². The van der Waals surface area contributed by atoms with E-state index in [0.717, 1.165) is 18.4 Å². The fourth-order valence-electron chi connectivity index (χ4n) is 1.20. The van der Waals surface area contributed by atoms with E-state index in [0.29, 0.717) is 0 Å². The molecule has 0 radical (unpaired) electrons. The summed E-state index contributed by atoms with van der Waals surface area (Å²) in [5, 5.41) is 24.6. The highest BCUT2D eigenvalue weighted by Gasteiger charge is 2.21. The Morgan fingerprint density at radius 3 is 2.53 bits per heavy atom. The van der Waals surface area contributed by atoms with Crippen LogP contribution in [0.15, 0.2) is 22.9 Å². The zero-order chi connectivity index (χ0) is 11.0.